The predicted molar refractivity (Wildman–Crippen MR) is 88.1 cm³/mol. The summed E-state index contributed by atoms with van der Waals surface area (Å²) in [6.45, 7) is 5.48. The van der Waals surface area contributed by atoms with Crippen LogP contribution in [0.5, 0.6) is 0 Å². The van der Waals surface area contributed by atoms with Crippen LogP contribution in [0.25, 0.3) is 11.0 Å². The predicted octanol–water partition coefficient (Wildman–Crippen LogP) is 3.09. The second-order valence-electron chi connectivity index (χ2n) is 5.30. The highest BCUT2D eigenvalue weighted by molar-refractivity contribution is 7.10. The average molecular weight is 314 g/mol. The van der Waals surface area contributed by atoms with E-state index in [9.17, 15) is 4.79 Å². The van der Waals surface area contributed by atoms with Gasteiger partial charge in [0.25, 0.3) is 5.91 Å². The summed E-state index contributed by atoms with van der Waals surface area (Å²) in [6, 6.07) is 7.65. The summed E-state index contributed by atoms with van der Waals surface area (Å²) in [5.41, 5.74) is 3.59. The summed E-state index contributed by atoms with van der Waals surface area (Å²) in [6.07, 6.45) is 0. The van der Waals surface area contributed by atoms with Crippen LogP contribution in [-0.4, -0.2) is 32.8 Å². The Kier molecular flexibility index (Phi) is 3.94. The number of hydrogen-bond acceptors (Lipinski definition) is 4. The molecule has 1 aromatic carbocycles. The first kappa shape index (κ1) is 14.7. The van der Waals surface area contributed by atoms with Gasteiger partial charge < -0.3 is 4.90 Å². The van der Waals surface area contributed by atoms with Gasteiger partial charge in [0.05, 0.1) is 12.1 Å². The monoisotopic (exact) mass is 314 g/mol. The SMILES string of the molecule is CCn1nnc2cc(C(=O)N(C)Cc3sccc3C)ccc21. The van der Waals surface area contributed by atoms with Crippen molar-refractivity contribution >= 4 is 28.3 Å². The number of hydrogen-bond donors (Lipinski definition) is 0. The lowest BCUT2D eigenvalue weighted by molar-refractivity contribution is 0.0786. The summed E-state index contributed by atoms with van der Waals surface area (Å²) < 4.78 is 1.82. The third kappa shape index (κ3) is 2.62. The average Bonchev–Trinajstić information content (AvgIpc) is 3.12. The maximum atomic E-state index is 12.6. The van der Waals surface area contributed by atoms with Gasteiger partial charge >= 0.3 is 0 Å². The van der Waals surface area contributed by atoms with Gasteiger partial charge in [-0.1, -0.05) is 5.21 Å². The molecule has 0 unspecified atom stereocenters. The number of thiophene rings is 1. The molecule has 1 amide bonds. The molecule has 0 radical (unpaired) electrons. The molecule has 0 aliphatic carbocycles. The molecule has 3 aromatic rings. The summed E-state index contributed by atoms with van der Waals surface area (Å²) in [7, 11) is 1.83. The Bertz CT molecular complexity index is 821. The van der Waals surface area contributed by atoms with Gasteiger partial charge in [0, 0.05) is 24.0 Å². The van der Waals surface area contributed by atoms with E-state index in [1.54, 1.807) is 16.2 Å². The fourth-order valence-electron chi connectivity index (χ4n) is 2.41. The minimum atomic E-state index is 0.000693. The van der Waals surface area contributed by atoms with Gasteiger partial charge in [-0.2, -0.15) is 0 Å². The first-order chi connectivity index (χ1) is 10.6. The third-order valence-corrected chi connectivity index (χ3v) is 4.76. The van der Waals surface area contributed by atoms with Crippen LogP contribution in [-0.2, 0) is 13.1 Å². The number of aryl methyl sites for hydroxylation is 2. The van der Waals surface area contributed by atoms with Crippen LogP contribution in [0.4, 0.5) is 0 Å². The Labute approximate surface area is 133 Å². The molecule has 0 spiro atoms. The smallest absolute Gasteiger partial charge is 0.254 e. The molecule has 0 fully saturated rings. The fraction of sp³-hybridized carbons (Fsp3) is 0.312. The number of nitrogens with zero attached hydrogens (tertiary/aromatic N) is 4. The van der Waals surface area contributed by atoms with Crippen LogP contribution < -0.4 is 0 Å². The number of aromatic nitrogens is 3. The number of benzene rings is 1. The van der Waals surface area contributed by atoms with Gasteiger partial charge in [0.15, 0.2) is 0 Å². The lowest BCUT2D eigenvalue weighted by Gasteiger charge is -2.17. The molecule has 0 aliphatic heterocycles. The molecule has 6 heteroatoms. The second-order valence-corrected chi connectivity index (χ2v) is 6.30. The molecule has 0 aliphatic rings. The molecule has 2 aromatic heterocycles. The largest absolute Gasteiger partial charge is 0.337 e. The number of carbonyl (C=O) groups is 1. The van der Waals surface area contributed by atoms with Crippen LogP contribution >= 0.6 is 11.3 Å². The molecule has 22 heavy (non-hydrogen) atoms. The van der Waals surface area contributed by atoms with Crippen LogP contribution in [0.3, 0.4) is 0 Å². The highest BCUT2D eigenvalue weighted by atomic mass is 32.1. The van der Waals surface area contributed by atoms with E-state index in [-0.39, 0.29) is 5.91 Å². The standard InChI is InChI=1S/C16H18N4OS/c1-4-20-14-6-5-12(9-13(14)17-18-20)16(21)19(3)10-15-11(2)7-8-22-15/h5-9H,4,10H2,1-3H3. The first-order valence-electron chi connectivity index (χ1n) is 7.22. The molecule has 0 bridgehead atoms. The van der Waals surface area contributed by atoms with Gasteiger partial charge in [-0.3, -0.25) is 4.79 Å². The molecule has 2 heterocycles. The van der Waals surface area contributed by atoms with Crippen molar-refractivity contribution < 1.29 is 4.79 Å². The zero-order chi connectivity index (χ0) is 15.7. The number of carbonyl (C=O) groups excluding carboxylic acids is 1. The lowest BCUT2D eigenvalue weighted by Crippen LogP contribution is -2.26. The van der Waals surface area contributed by atoms with E-state index in [4.69, 9.17) is 0 Å². The number of rotatable bonds is 4. The zero-order valence-electron chi connectivity index (χ0n) is 12.9. The van der Waals surface area contributed by atoms with E-state index in [0.29, 0.717) is 12.1 Å². The fourth-order valence-corrected chi connectivity index (χ4v) is 3.37. The lowest BCUT2D eigenvalue weighted by atomic mass is 10.1. The van der Waals surface area contributed by atoms with Crippen molar-refractivity contribution in [2.24, 2.45) is 0 Å². The second kappa shape index (κ2) is 5.88. The van der Waals surface area contributed by atoms with Crippen molar-refractivity contribution in [3.05, 3.63) is 45.6 Å². The van der Waals surface area contributed by atoms with Crippen LogP contribution in [0.15, 0.2) is 29.6 Å². The molecule has 0 saturated heterocycles. The highest BCUT2D eigenvalue weighted by Gasteiger charge is 2.15. The molecular formula is C16H18N4OS. The maximum Gasteiger partial charge on any atom is 0.254 e. The van der Waals surface area contributed by atoms with Gasteiger partial charge in [0.2, 0.25) is 0 Å². The van der Waals surface area contributed by atoms with E-state index in [1.807, 2.05) is 36.9 Å². The Hall–Kier alpha value is -2.21. The summed E-state index contributed by atoms with van der Waals surface area (Å²) >= 11 is 1.68. The van der Waals surface area contributed by atoms with Gasteiger partial charge in [-0.05, 0) is 49.1 Å². The van der Waals surface area contributed by atoms with Crippen LogP contribution in [0.2, 0.25) is 0 Å². The van der Waals surface area contributed by atoms with E-state index in [0.717, 1.165) is 17.6 Å². The molecular weight excluding hydrogens is 296 g/mol. The quantitative estimate of drug-likeness (QED) is 0.743. The molecule has 114 valence electrons. The van der Waals surface area contributed by atoms with E-state index < -0.39 is 0 Å². The van der Waals surface area contributed by atoms with E-state index >= 15 is 0 Å². The Morgan fingerprint density at radius 3 is 2.86 bits per heavy atom. The van der Waals surface area contributed by atoms with Crippen molar-refractivity contribution in [2.45, 2.75) is 26.9 Å². The minimum Gasteiger partial charge on any atom is -0.337 e. The molecule has 0 saturated carbocycles. The topological polar surface area (TPSA) is 51.0 Å². The molecule has 5 nitrogen and oxygen atoms in total. The van der Waals surface area contributed by atoms with Gasteiger partial charge in [-0.15, -0.1) is 16.4 Å². The van der Waals surface area contributed by atoms with Crippen molar-refractivity contribution in [1.29, 1.82) is 0 Å². The highest BCUT2D eigenvalue weighted by Crippen LogP contribution is 2.19. The van der Waals surface area contributed by atoms with Crippen LogP contribution in [0.1, 0.15) is 27.7 Å². The molecule has 0 N–H and O–H groups in total. The summed E-state index contributed by atoms with van der Waals surface area (Å²) in [4.78, 5) is 15.5. The third-order valence-electron chi connectivity index (χ3n) is 3.76. The van der Waals surface area contributed by atoms with Crippen molar-refractivity contribution in [1.82, 2.24) is 19.9 Å². The normalized spacial score (nSPS) is 11.0. The maximum absolute atomic E-state index is 12.6. The number of fused-ring (bicyclic) bond motifs is 1. The minimum absolute atomic E-state index is 0.000693. The van der Waals surface area contributed by atoms with Crippen molar-refractivity contribution in [3.8, 4) is 0 Å². The molecule has 3 rings (SSSR count). The molecule has 0 atom stereocenters. The van der Waals surface area contributed by atoms with Crippen molar-refractivity contribution in [2.75, 3.05) is 7.05 Å². The van der Waals surface area contributed by atoms with Crippen LogP contribution in [0, 0.1) is 6.92 Å². The van der Waals surface area contributed by atoms with Gasteiger partial charge in [0.1, 0.15) is 5.52 Å². The van der Waals surface area contributed by atoms with E-state index in [1.165, 1.54) is 10.4 Å². The Morgan fingerprint density at radius 1 is 1.36 bits per heavy atom. The summed E-state index contributed by atoms with van der Waals surface area (Å²) in [5, 5.41) is 10.3. The number of amides is 1. The van der Waals surface area contributed by atoms with Crippen molar-refractivity contribution in [3.63, 3.8) is 0 Å². The van der Waals surface area contributed by atoms with E-state index in [2.05, 4.69) is 28.7 Å². The van der Waals surface area contributed by atoms with Gasteiger partial charge in [-0.25, -0.2) is 4.68 Å². The Balaban J connectivity index is 1.83. The first-order valence-corrected chi connectivity index (χ1v) is 8.09. The Morgan fingerprint density at radius 2 is 2.18 bits per heavy atom. The zero-order valence-corrected chi connectivity index (χ0v) is 13.7. The summed E-state index contributed by atoms with van der Waals surface area (Å²) in [5.74, 6) is 0.000693.